The second-order valence-corrected chi connectivity index (χ2v) is 4.39. The number of carbonyl (C=O) groups excluding carboxylic acids is 1. The topological polar surface area (TPSA) is 64.3 Å². The molecule has 112 valence electrons. The lowest BCUT2D eigenvalue weighted by Crippen LogP contribution is -2.49. The van der Waals surface area contributed by atoms with E-state index in [1.165, 1.54) is 0 Å². The normalized spacial score (nSPS) is 34.1. The molecule has 0 saturated carbocycles. The molecule has 1 N–H and O–H groups in total. The molecular weight excluding hydrogens is 302 g/mol. The zero-order valence-corrected chi connectivity index (χ0v) is 10.9. The van der Waals surface area contributed by atoms with Crippen LogP contribution in [0.25, 0.3) is 0 Å². The van der Waals surface area contributed by atoms with E-state index in [0.29, 0.717) is 12.1 Å². The van der Waals surface area contributed by atoms with E-state index in [9.17, 15) is 14.3 Å². The Morgan fingerprint density at radius 2 is 2.19 bits per heavy atom. The molecule has 0 spiro atoms. The largest absolute Gasteiger partial charge is 0.375 e. The summed E-state index contributed by atoms with van der Waals surface area (Å²) in [5, 5.41) is 17.9. The molecule has 1 atom stereocenters. The van der Waals surface area contributed by atoms with Gasteiger partial charge in [0, 0.05) is 42.3 Å². The molecular formula is C14H13ClF2N2O2. The Kier molecular flexibility index (Phi) is 2.29. The zero-order chi connectivity index (χ0) is 22.8. The third kappa shape index (κ3) is 3.14. The minimum atomic E-state index is -4.42. The van der Waals surface area contributed by atoms with Crippen molar-refractivity contribution >= 4 is 17.5 Å². The molecule has 1 heterocycles. The van der Waals surface area contributed by atoms with Crippen LogP contribution in [0.2, 0.25) is 5.02 Å². The lowest BCUT2D eigenvalue weighted by molar-refractivity contribution is -0.0201. The first-order chi connectivity index (χ1) is 12.9. The first-order valence-electron chi connectivity index (χ1n) is 9.49. The van der Waals surface area contributed by atoms with Crippen LogP contribution in [-0.4, -0.2) is 40.7 Å². The van der Waals surface area contributed by atoms with E-state index in [1.54, 1.807) is 0 Å². The highest BCUT2D eigenvalue weighted by Crippen LogP contribution is 2.30. The molecule has 2 rings (SSSR count). The number of nitriles is 1. The fraction of sp³-hybridized carbons (Fsp3) is 0.429. The smallest absolute Gasteiger partial charge is 0.253 e. The van der Waals surface area contributed by atoms with Gasteiger partial charge in [-0.3, -0.25) is 4.79 Å². The summed E-state index contributed by atoms with van der Waals surface area (Å²) in [5.74, 6) is -2.64. The third-order valence-electron chi connectivity index (χ3n) is 2.57. The monoisotopic (exact) mass is 322 g/mol. The van der Waals surface area contributed by atoms with Gasteiger partial charge in [0.15, 0.2) is 11.8 Å². The van der Waals surface area contributed by atoms with Crippen LogP contribution in [0.4, 0.5) is 8.78 Å². The number of halogens is 3. The summed E-state index contributed by atoms with van der Waals surface area (Å²) in [6.07, 6.45) is -11.3. The van der Waals surface area contributed by atoms with E-state index >= 15 is 4.39 Å². The van der Waals surface area contributed by atoms with Gasteiger partial charge in [-0.2, -0.15) is 5.26 Å². The fourth-order valence-corrected chi connectivity index (χ4v) is 1.60. The number of aliphatic hydroxyl groups excluding tert-OH is 1. The Morgan fingerprint density at radius 3 is 2.71 bits per heavy atom. The molecule has 1 aliphatic heterocycles. The van der Waals surface area contributed by atoms with Crippen LogP contribution < -0.4 is 0 Å². The minimum absolute atomic E-state index is 0.508. The molecule has 4 nitrogen and oxygen atoms in total. The average molecular weight is 323 g/mol. The van der Waals surface area contributed by atoms with Crippen molar-refractivity contribution in [3.63, 3.8) is 0 Å². The van der Waals surface area contributed by atoms with E-state index < -0.39 is 64.7 Å². The summed E-state index contributed by atoms with van der Waals surface area (Å²) < 4.78 is 92.0. The summed E-state index contributed by atoms with van der Waals surface area (Å²) in [4.78, 5) is 12.3. The van der Waals surface area contributed by atoms with Crippen LogP contribution in [0.3, 0.4) is 0 Å². The Morgan fingerprint density at radius 1 is 1.57 bits per heavy atom. The lowest BCUT2D eigenvalue weighted by Gasteiger charge is -2.37. The predicted molar refractivity (Wildman–Crippen MR) is 72.0 cm³/mol. The summed E-state index contributed by atoms with van der Waals surface area (Å²) in [7, 11) is 0. The fourth-order valence-electron chi connectivity index (χ4n) is 1.42. The van der Waals surface area contributed by atoms with E-state index in [0.717, 1.165) is 12.1 Å². The van der Waals surface area contributed by atoms with Crippen molar-refractivity contribution in [1.29, 1.82) is 5.26 Å². The summed E-state index contributed by atoms with van der Waals surface area (Å²) >= 11 is 5.55. The molecule has 1 amide bonds. The predicted octanol–water partition coefficient (Wildman–Crippen LogP) is 2.31. The minimum Gasteiger partial charge on any atom is -0.375 e. The van der Waals surface area contributed by atoms with Crippen molar-refractivity contribution in [2.75, 3.05) is 13.0 Å². The number of nitrogens with zero attached hydrogens (tertiary/aromatic N) is 2. The second kappa shape index (κ2) is 5.96. The van der Waals surface area contributed by atoms with Crippen molar-refractivity contribution in [2.45, 2.75) is 24.5 Å². The molecule has 1 aliphatic rings. The highest BCUT2D eigenvalue weighted by molar-refractivity contribution is 6.31. The van der Waals surface area contributed by atoms with Gasteiger partial charge in [-0.15, -0.1) is 0 Å². The van der Waals surface area contributed by atoms with Crippen LogP contribution >= 0.6 is 11.6 Å². The number of benzene rings is 1. The van der Waals surface area contributed by atoms with Crippen molar-refractivity contribution in [3.8, 4) is 6.07 Å². The molecule has 1 aromatic rings. The average Bonchev–Trinajstić information content (AvgIpc) is 2.60. The maximum Gasteiger partial charge on any atom is 0.253 e. The van der Waals surface area contributed by atoms with Crippen LogP contribution in [-0.2, 0) is 0 Å². The Bertz CT molecular complexity index is 880. The van der Waals surface area contributed by atoms with Crippen molar-refractivity contribution in [2.24, 2.45) is 0 Å². The van der Waals surface area contributed by atoms with Gasteiger partial charge in [-0.05, 0) is 18.2 Å². The van der Waals surface area contributed by atoms with Crippen LogP contribution in [0.5, 0.6) is 0 Å². The summed E-state index contributed by atoms with van der Waals surface area (Å²) in [5.41, 5.74) is -5.05. The van der Waals surface area contributed by atoms with Crippen LogP contribution in [0.1, 0.15) is 34.1 Å². The van der Waals surface area contributed by atoms with Crippen molar-refractivity contribution in [1.82, 2.24) is 4.90 Å². The van der Waals surface area contributed by atoms with Crippen LogP contribution in [0.15, 0.2) is 18.2 Å². The number of amides is 1. The molecule has 0 aliphatic carbocycles. The van der Waals surface area contributed by atoms with Gasteiger partial charge in [0.2, 0.25) is 0 Å². The number of aliphatic hydroxyl groups is 1. The summed E-state index contributed by atoms with van der Waals surface area (Å²) in [6, 6.07) is 2.99. The van der Waals surface area contributed by atoms with E-state index in [-0.39, 0.29) is 0 Å². The summed E-state index contributed by atoms with van der Waals surface area (Å²) in [6.45, 7) is -7.82. The van der Waals surface area contributed by atoms with Gasteiger partial charge in [-0.25, -0.2) is 8.78 Å². The quantitative estimate of drug-likeness (QED) is 0.850. The first kappa shape index (κ1) is 8.06. The molecule has 1 fully saturated rings. The van der Waals surface area contributed by atoms with E-state index in [1.807, 2.05) is 0 Å². The number of hydrogen-bond donors (Lipinski definition) is 1. The van der Waals surface area contributed by atoms with Crippen molar-refractivity contribution in [3.05, 3.63) is 34.6 Å². The first-order valence-corrected chi connectivity index (χ1v) is 5.87. The Hall–Kier alpha value is -1.71. The number of rotatable bonds is 2. The number of hydrogen-bond acceptors (Lipinski definition) is 3. The van der Waals surface area contributed by atoms with Crippen LogP contribution in [0, 0.1) is 17.1 Å². The SMILES string of the molecule is [2H]C1([2H])N(C(=O)c2ccc(F)c(Cl)c2)C([2H])([2H])C([2H])([2H])C(F)(C(O)C#N)C1([2H])[2H]. The maximum atomic E-state index is 15.6. The number of alkyl halides is 1. The molecule has 1 unspecified atom stereocenters. The maximum absolute atomic E-state index is 15.6. The Labute approximate surface area is 136 Å². The van der Waals surface area contributed by atoms with Gasteiger partial charge in [0.1, 0.15) is 5.82 Å². The molecule has 0 aromatic heterocycles. The molecule has 0 bridgehead atoms. The van der Waals surface area contributed by atoms with Crippen molar-refractivity contribution < 1.29 is 29.6 Å². The standard InChI is InChI=1S/C14H13ClF2N2O2/c15-10-7-9(1-2-11(10)16)13(21)19-5-3-14(17,4-6-19)12(20)8-18/h1-2,7,12,20H,3-6H2/i3D2,4D2,5D2,6D2. The van der Waals surface area contributed by atoms with E-state index in [4.69, 9.17) is 27.8 Å². The zero-order valence-electron chi connectivity index (χ0n) is 18.2. The third-order valence-corrected chi connectivity index (χ3v) is 2.86. The molecule has 1 aromatic carbocycles. The van der Waals surface area contributed by atoms with Gasteiger partial charge >= 0.3 is 0 Å². The van der Waals surface area contributed by atoms with Gasteiger partial charge in [0.05, 0.1) is 11.1 Å². The number of carbonyl (C=O) groups is 1. The number of piperidine rings is 1. The lowest BCUT2D eigenvalue weighted by atomic mass is 9.88. The number of likely N-dealkylation sites (tertiary alicyclic amines) is 1. The van der Waals surface area contributed by atoms with Gasteiger partial charge in [-0.1, -0.05) is 11.6 Å². The van der Waals surface area contributed by atoms with Gasteiger partial charge < -0.3 is 10.0 Å². The Balaban J connectivity index is 2.80. The molecule has 1 saturated heterocycles. The second-order valence-electron chi connectivity index (χ2n) is 3.99. The van der Waals surface area contributed by atoms with Gasteiger partial charge in [0.25, 0.3) is 5.91 Å². The highest BCUT2D eigenvalue weighted by Gasteiger charge is 2.42. The molecule has 0 radical (unpaired) electrons. The highest BCUT2D eigenvalue weighted by atomic mass is 35.5. The van der Waals surface area contributed by atoms with E-state index in [2.05, 4.69) is 0 Å². The molecule has 21 heavy (non-hydrogen) atoms. The molecule has 7 heteroatoms.